The van der Waals surface area contributed by atoms with E-state index >= 15 is 0 Å². The summed E-state index contributed by atoms with van der Waals surface area (Å²) in [6.07, 6.45) is 0. The molecule has 0 aliphatic rings. The molecule has 0 spiro atoms. The van der Waals surface area contributed by atoms with Crippen LogP contribution in [0.15, 0.2) is 28.8 Å². The highest BCUT2D eigenvalue weighted by atomic mass is 16.5. The molecule has 1 heterocycles. The molecule has 2 rings (SSSR count). The van der Waals surface area contributed by atoms with Crippen molar-refractivity contribution in [1.82, 2.24) is 10.1 Å². The number of ether oxygens (including phenoxy) is 1. The highest BCUT2D eigenvalue weighted by molar-refractivity contribution is 5.85. The van der Waals surface area contributed by atoms with Crippen molar-refractivity contribution in [2.45, 2.75) is 13.8 Å². The monoisotopic (exact) mass is 232 g/mol. The number of benzene rings is 1. The van der Waals surface area contributed by atoms with Gasteiger partial charge in [0.05, 0.1) is 6.61 Å². The maximum Gasteiger partial charge on any atom is 0.379 e. The van der Waals surface area contributed by atoms with Crippen molar-refractivity contribution in [3.05, 3.63) is 35.7 Å². The second kappa shape index (κ2) is 4.78. The predicted octanol–water partition coefficient (Wildman–Crippen LogP) is 2.22. The number of aryl methyl sites for hydroxylation is 1. The van der Waals surface area contributed by atoms with Crippen LogP contribution in [0, 0.1) is 6.92 Å². The van der Waals surface area contributed by atoms with Crippen LogP contribution in [0.25, 0.3) is 11.5 Å². The summed E-state index contributed by atoms with van der Waals surface area (Å²) in [6, 6.07) is 7.58. The first-order chi connectivity index (χ1) is 8.22. The molecule has 0 bridgehead atoms. The van der Waals surface area contributed by atoms with Crippen LogP contribution in [-0.4, -0.2) is 22.7 Å². The minimum atomic E-state index is -0.573. The van der Waals surface area contributed by atoms with Crippen molar-refractivity contribution in [3.63, 3.8) is 0 Å². The summed E-state index contributed by atoms with van der Waals surface area (Å²) in [5.74, 6) is -0.299. The first-order valence-electron chi connectivity index (χ1n) is 5.29. The first kappa shape index (κ1) is 11.3. The van der Waals surface area contributed by atoms with Crippen LogP contribution in [0.5, 0.6) is 0 Å². The van der Waals surface area contributed by atoms with E-state index in [0.717, 1.165) is 11.1 Å². The van der Waals surface area contributed by atoms with Crippen LogP contribution in [-0.2, 0) is 4.74 Å². The fourth-order valence-corrected chi connectivity index (χ4v) is 1.42. The van der Waals surface area contributed by atoms with E-state index in [2.05, 4.69) is 10.1 Å². The lowest BCUT2D eigenvalue weighted by Crippen LogP contribution is -2.06. The van der Waals surface area contributed by atoms with Crippen molar-refractivity contribution < 1.29 is 14.1 Å². The second-order valence-electron chi connectivity index (χ2n) is 3.46. The fourth-order valence-electron chi connectivity index (χ4n) is 1.42. The summed E-state index contributed by atoms with van der Waals surface area (Å²) in [7, 11) is 0. The molecule has 0 aliphatic carbocycles. The zero-order chi connectivity index (χ0) is 12.3. The van der Waals surface area contributed by atoms with Gasteiger partial charge in [0, 0.05) is 5.56 Å². The summed E-state index contributed by atoms with van der Waals surface area (Å²) in [4.78, 5) is 15.4. The van der Waals surface area contributed by atoms with E-state index in [1.807, 2.05) is 31.2 Å². The van der Waals surface area contributed by atoms with Gasteiger partial charge < -0.3 is 9.26 Å². The Morgan fingerprint density at radius 1 is 1.41 bits per heavy atom. The molecule has 1 aromatic heterocycles. The maximum absolute atomic E-state index is 11.4. The molecule has 88 valence electrons. The van der Waals surface area contributed by atoms with Crippen molar-refractivity contribution in [3.8, 4) is 11.5 Å². The Hall–Kier alpha value is -2.17. The SMILES string of the molecule is CCOC(=O)c1noc(-c2ccccc2C)n1. The number of aromatic nitrogens is 2. The van der Waals surface area contributed by atoms with Gasteiger partial charge in [-0.25, -0.2) is 4.79 Å². The van der Waals surface area contributed by atoms with E-state index < -0.39 is 5.97 Å². The van der Waals surface area contributed by atoms with E-state index in [1.54, 1.807) is 6.92 Å². The van der Waals surface area contributed by atoms with Gasteiger partial charge in [-0.05, 0) is 30.6 Å². The van der Waals surface area contributed by atoms with Gasteiger partial charge in [-0.2, -0.15) is 4.98 Å². The number of hydrogen-bond acceptors (Lipinski definition) is 5. The molecule has 0 unspecified atom stereocenters. The lowest BCUT2D eigenvalue weighted by atomic mass is 10.1. The number of carbonyl (C=O) groups is 1. The summed E-state index contributed by atoms with van der Waals surface area (Å²) >= 11 is 0. The molecular weight excluding hydrogens is 220 g/mol. The van der Waals surface area contributed by atoms with Crippen LogP contribution in [0.2, 0.25) is 0 Å². The number of carbonyl (C=O) groups excluding carboxylic acids is 1. The van der Waals surface area contributed by atoms with Crippen molar-refractivity contribution in [2.75, 3.05) is 6.61 Å². The molecule has 0 fully saturated rings. The minimum Gasteiger partial charge on any atom is -0.460 e. The Labute approximate surface area is 98.4 Å². The van der Waals surface area contributed by atoms with Crippen LogP contribution >= 0.6 is 0 Å². The smallest absolute Gasteiger partial charge is 0.379 e. The molecule has 1 aromatic carbocycles. The summed E-state index contributed by atoms with van der Waals surface area (Å²) in [5.41, 5.74) is 1.82. The summed E-state index contributed by atoms with van der Waals surface area (Å²) in [5, 5.41) is 3.59. The highest BCUT2D eigenvalue weighted by Gasteiger charge is 2.17. The summed E-state index contributed by atoms with van der Waals surface area (Å²) < 4.78 is 9.82. The zero-order valence-electron chi connectivity index (χ0n) is 9.64. The predicted molar refractivity (Wildman–Crippen MR) is 60.4 cm³/mol. The van der Waals surface area contributed by atoms with Gasteiger partial charge in [0.2, 0.25) is 0 Å². The molecular formula is C12H12N2O3. The summed E-state index contributed by atoms with van der Waals surface area (Å²) in [6.45, 7) is 3.94. The zero-order valence-corrected chi connectivity index (χ0v) is 9.64. The number of nitrogens with zero attached hydrogens (tertiary/aromatic N) is 2. The van der Waals surface area contributed by atoms with Gasteiger partial charge in [-0.3, -0.25) is 0 Å². The Kier molecular flexibility index (Phi) is 3.18. The van der Waals surface area contributed by atoms with E-state index in [0.29, 0.717) is 5.89 Å². The van der Waals surface area contributed by atoms with Crippen molar-refractivity contribution in [1.29, 1.82) is 0 Å². The lowest BCUT2D eigenvalue weighted by Gasteiger charge is -1.97. The molecule has 0 atom stereocenters. The molecule has 0 saturated carbocycles. The van der Waals surface area contributed by atoms with Crippen molar-refractivity contribution in [2.24, 2.45) is 0 Å². The Morgan fingerprint density at radius 2 is 2.18 bits per heavy atom. The molecule has 5 nitrogen and oxygen atoms in total. The Balaban J connectivity index is 2.30. The molecule has 0 aliphatic heterocycles. The fraction of sp³-hybridized carbons (Fsp3) is 0.250. The first-order valence-corrected chi connectivity index (χ1v) is 5.29. The molecule has 0 N–H and O–H groups in total. The van der Waals surface area contributed by atoms with E-state index in [1.165, 1.54) is 0 Å². The highest BCUT2D eigenvalue weighted by Crippen LogP contribution is 2.20. The molecule has 17 heavy (non-hydrogen) atoms. The van der Waals surface area contributed by atoms with E-state index in [9.17, 15) is 4.79 Å². The molecule has 5 heteroatoms. The lowest BCUT2D eigenvalue weighted by molar-refractivity contribution is 0.0508. The average molecular weight is 232 g/mol. The largest absolute Gasteiger partial charge is 0.460 e. The van der Waals surface area contributed by atoms with Gasteiger partial charge >= 0.3 is 5.97 Å². The van der Waals surface area contributed by atoms with Crippen molar-refractivity contribution >= 4 is 5.97 Å². The number of rotatable bonds is 3. The Morgan fingerprint density at radius 3 is 2.88 bits per heavy atom. The van der Waals surface area contributed by atoms with Gasteiger partial charge in [0.1, 0.15) is 0 Å². The van der Waals surface area contributed by atoms with Crippen LogP contribution in [0.3, 0.4) is 0 Å². The van der Waals surface area contributed by atoms with Crippen LogP contribution in [0.1, 0.15) is 23.1 Å². The van der Waals surface area contributed by atoms with Crippen LogP contribution in [0.4, 0.5) is 0 Å². The van der Waals surface area contributed by atoms with Crippen LogP contribution < -0.4 is 0 Å². The van der Waals surface area contributed by atoms with E-state index in [4.69, 9.17) is 9.26 Å². The standard InChI is InChI=1S/C12H12N2O3/c1-3-16-12(15)10-13-11(17-14-10)9-7-5-4-6-8(9)2/h4-7H,3H2,1-2H3. The second-order valence-corrected chi connectivity index (χ2v) is 3.46. The minimum absolute atomic E-state index is 0.0508. The normalized spacial score (nSPS) is 10.2. The molecule has 0 saturated heterocycles. The molecule has 0 amide bonds. The quantitative estimate of drug-likeness (QED) is 0.759. The van der Waals surface area contributed by atoms with Gasteiger partial charge in [-0.1, -0.05) is 18.2 Å². The number of esters is 1. The third kappa shape index (κ3) is 2.33. The topological polar surface area (TPSA) is 65.2 Å². The van der Waals surface area contributed by atoms with E-state index in [-0.39, 0.29) is 12.4 Å². The number of hydrogen-bond donors (Lipinski definition) is 0. The van der Waals surface area contributed by atoms with Gasteiger partial charge in [-0.15, -0.1) is 0 Å². The molecule has 0 radical (unpaired) electrons. The third-order valence-corrected chi connectivity index (χ3v) is 2.26. The molecule has 2 aromatic rings. The maximum atomic E-state index is 11.4. The third-order valence-electron chi connectivity index (χ3n) is 2.26. The van der Waals surface area contributed by atoms with Gasteiger partial charge in [0.15, 0.2) is 0 Å². The van der Waals surface area contributed by atoms with Gasteiger partial charge in [0.25, 0.3) is 11.7 Å². The average Bonchev–Trinajstić information content (AvgIpc) is 2.79. The Bertz CT molecular complexity index is 534.